The lowest BCUT2D eigenvalue weighted by atomic mass is 10.0. The quantitative estimate of drug-likeness (QED) is 0.884. The molecule has 0 aliphatic rings. The zero-order valence-electron chi connectivity index (χ0n) is 10.7. The molecule has 3 heteroatoms. The topological polar surface area (TPSA) is 35.8 Å². The Hall–Kier alpha value is -2.34. The molecule has 2 rings (SSSR count). The predicted molar refractivity (Wildman–Crippen MR) is 74.2 cm³/mol. The van der Waals surface area contributed by atoms with Crippen molar-refractivity contribution in [2.75, 3.05) is 5.32 Å². The summed E-state index contributed by atoms with van der Waals surface area (Å²) < 4.78 is 13.1. The molecule has 2 aromatic rings. The Morgan fingerprint density at radius 1 is 1.21 bits per heavy atom. The van der Waals surface area contributed by atoms with E-state index >= 15 is 0 Å². The maximum Gasteiger partial charge on any atom is 0.124 e. The van der Waals surface area contributed by atoms with Crippen LogP contribution in [0.1, 0.15) is 30.5 Å². The molecule has 1 unspecified atom stereocenters. The Balaban J connectivity index is 2.27. The molecule has 2 aromatic carbocycles. The van der Waals surface area contributed by atoms with Crippen molar-refractivity contribution in [3.05, 3.63) is 65.5 Å². The Labute approximate surface area is 112 Å². The van der Waals surface area contributed by atoms with Gasteiger partial charge in [0, 0.05) is 0 Å². The van der Waals surface area contributed by atoms with Gasteiger partial charge in [0.1, 0.15) is 11.9 Å². The molecule has 0 aliphatic carbocycles. The smallest absolute Gasteiger partial charge is 0.124 e. The minimum absolute atomic E-state index is 0.110. The van der Waals surface area contributed by atoms with Crippen molar-refractivity contribution in [3.8, 4) is 6.07 Å². The molecule has 0 spiro atoms. The van der Waals surface area contributed by atoms with Gasteiger partial charge in [-0.05, 0) is 30.2 Å². The monoisotopic (exact) mass is 254 g/mol. The molecule has 0 fully saturated rings. The maximum atomic E-state index is 13.1. The van der Waals surface area contributed by atoms with Gasteiger partial charge in [-0.2, -0.15) is 5.26 Å². The van der Waals surface area contributed by atoms with Crippen molar-refractivity contribution in [2.45, 2.75) is 19.4 Å². The van der Waals surface area contributed by atoms with Crippen LogP contribution in [0.3, 0.4) is 0 Å². The van der Waals surface area contributed by atoms with Gasteiger partial charge in [-0.1, -0.05) is 37.3 Å². The lowest BCUT2D eigenvalue weighted by molar-refractivity contribution is 0.627. The second-order valence-electron chi connectivity index (χ2n) is 4.32. The number of nitriles is 1. The van der Waals surface area contributed by atoms with Crippen LogP contribution < -0.4 is 5.32 Å². The van der Waals surface area contributed by atoms with Gasteiger partial charge in [-0.15, -0.1) is 0 Å². The minimum Gasteiger partial charge on any atom is -0.377 e. The molecule has 1 N–H and O–H groups in total. The van der Waals surface area contributed by atoms with Gasteiger partial charge in [-0.3, -0.25) is 0 Å². The van der Waals surface area contributed by atoms with Crippen molar-refractivity contribution in [1.82, 2.24) is 0 Å². The molecule has 0 saturated heterocycles. The third-order valence-corrected chi connectivity index (χ3v) is 3.04. The van der Waals surface area contributed by atoms with Gasteiger partial charge in [0.25, 0.3) is 0 Å². The summed E-state index contributed by atoms with van der Waals surface area (Å²) >= 11 is 0. The molecule has 0 heterocycles. The van der Waals surface area contributed by atoms with Crippen LogP contribution >= 0.6 is 0 Å². The summed E-state index contributed by atoms with van der Waals surface area (Å²) in [5.41, 5.74) is 2.15. The summed E-state index contributed by atoms with van der Waals surface area (Å²) in [5.74, 6) is -0.394. The van der Waals surface area contributed by atoms with E-state index in [0.717, 1.165) is 12.0 Å². The number of halogens is 1. The average molecular weight is 254 g/mol. The molecule has 19 heavy (non-hydrogen) atoms. The van der Waals surface area contributed by atoms with Gasteiger partial charge < -0.3 is 5.32 Å². The summed E-state index contributed by atoms with van der Waals surface area (Å²) in [4.78, 5) is 0. The largest absolute Gasteiger partial charge is 0.377 e. The first-order valence-electron chi connectivity index (χ1n) is 6.25. The lowest BCUT2D eigenvalue weighted by Gasteiger charge is -2.19. The fourth-order valence-electron chi connectivity index (χ4n) is 2.03. The van der Waals surface area contributed by atoms with E-state index < -0.39 is 5.82 Å². The maximum absolute atomic E-state index is 13.1. The number of hydrogen-bond donors (Lipinski definition) is 1. The second-order valence-corrected chi connectivity index (χ2v) is 4.32. The van der Waals surface area contributed by atoms with Crippen LogP contribution in [0.2, 0.25) is 0 Å². The molecule has 0 aliphatic heterocycles. The summed E-state index contributed by atoms with van der Waals surface area (Å²) in [6.07, 6.45) is 0.881. The fourth-order valence-corrected chi connectivity index (χ4v) is 2.03. The lowest BCUT2D eigenvalue weighted by Crippen LogP contribution is -2.10. The predicted octanol–water partition coefficient (Wildman–Crippen LogP) is 4.26. The fraction of sp³-hybridized carbons (Fsp3) is 0.188. The van der Waals surface area contributed by atoms with E-state index in [-0.39, 0.29) is 6.04 Å². The SMILES string of the molecule is CCC(Nc1ccc(F)cc1C#N)c1ccccc1. The molecule has 96 valence electrons. The van der Waals surface area contributed by atoms with E-state index in [1.807, 2.05) is 36.4 Å². The first-order valence-corrected chi connectivity index (χ1v) is 6.25. The van der Waals surface area contributed by atoms with Gasteiger partial charge in [0.05, 0.1) is 17.3 Å². The molecule has 0 aromatic heterocycles. The summed E-state index contributed by atoms with van der Waals surface area (Å²) in [6, 6.07) is 16.4. The van der Waals surface area contributed by atoms with Crippen LogP contribution in [0.25, 0.3) is 0 Å². The summed E-state index contributed by atoms with van der Waals surface area (Å²) in [7, 11) is 0. The molecule has 0 amide bonds. The van der Waals surface area contributed by atoms with E-state index in [1.165, 1.54) is 12.1 Å². The molecular formula is C16H15FN2. The Morgan fingerprint density at radius 2 is 1.95 bits per heavy atom. The molecule has 1 atom stereocenters. The zero-order valence-corrected chi connectivity index (χ0v) is 10.7. The number of nitrogens with zero attached hydrogens (tertiary/aromatic N) is 1. The zero-order chi connectivity index (χ0) is 13.7. The van der Waals surface area contributed by atoms with Crippen LogP contribution in [0, 0.1) is 17.1 Å². The number of nitrogens with one attached hydrogen (secondary N) is 1. The molecule has 0 radical (unpaired) electrons. The van der Waals surface area contributed by atoms with Crippen LogP contribution in [0.4, 0.5) is 10.1 Å². The van der Waals surface area contributed by atoms with Crippen molar-refractivity contribution >= 4 is 5.69 Å². The normalized spacial score (nSPS) is 11.6. The number of benzene rings is 2. The van der Waals surface area contributed by atoms with Gasteiger partial charge >= 0.3 is 0 Å². The third-order valence-electron chi connectivity index (χ3n) is 3.04. The highest BCUT2D eigenvalue weighted by Gasteiger charge is 2.11. The van der Waals surface area contributed by atoms with Crippen LogP contribution in [0.15, 0.2) is 48.5 Å². The molecule has 2 nitrogen and oxygen atoms in total. The number of rotatable bonds is 4. The first kappa shape index (κ1) is 13.1. The Morgan fingerprint density at radius 3 is 2.58 bits per heavy atom. The molecular weight excluding hydrogens is 239 g/mol. The average Bonchev–Trinajstić information content (AvgIpc) is 2.46. The number of hydrogen-bond acceptors (Lipinski definition) is 2. The van der Waals surface area contributed by atoms with Crippen molar-refractivity contribution in [1.29, 1.82) is 5.26 Å². The highest BCUT2D eigenvalue weighted by Crippen LogP contribution is 2.25. The van der Waals surface area contributed by atoms with E-state index in [9.17, 15) is 4.39 Å². The Kier molecular flexibility index (Phi) is 4.15. The summed E-state index contributed by atoms with van der Waals surface area (Å²) in [6.45, 7) is 2.07. The first-order chi connectivity index (χ1) is 9.24. The highest BCUT2D eigenvalue weighted by atomic mass is 19.1. The standard InChI is InChI=1S/C16H15FN2/c1-2-15(12-6-4-3-5-7-12)19-16-9-8-14(17)10-13(16)11-18/h3-10,15,19H,2H2,1H3. The van der Waals surface area contributed by atoms with E-state index in [4.69, 9.17) is 5.26 Å². The van der Waals surface area contributed by atoms with Crippen molar-refractivity contribution < 1.29 is 4.39 Å². The van der Waals surface area contributed by atoms with Crippen LogP contribution in [0.5, 0.6) is 0 Å². The van der Waals surface area contributed by atoms with E-state index in [1.54, 1.807) is 6.07 Å². The van der Waals surface area contributed by atoms with Crippen LogP contribution in [-0.2, 0) is 0 Å². The highest BCUT2D eigenvalue weighted by molar-refractivity contribution is 5.58. The van der Waals surface area contributed by atoms with Gasteiger partial charge in [0.15, 0.2) is 0 Å². The van der Waals surface area contributed by atoms with Crippen LogP contribution in [-0.4, -0.2) is 0 Å². The minimum atomic E-state index is -0.394. The van der Waals surface area contributed by atoms with Gasteiger partial charge in [-0.25, -0.2) is 4.39 Å². The van der Waals surface area contributed by atoms with E-state index in [2.05, 4.69) is 12.2 Å². The number of anilines is 1. The van der Waals surface area contributed by atoms with E-state index in [0.29, 0.717) is 11.3 Å². The molecule has 0 bridgehead atoms. The van der Waals surface area contributed by atoms with Gasteiger partial charge in [0.2, 0.25) is 0 Å². The van der Waals surface area contributed by atoms with Crippen molar-refractivity contribution in [2.24, 2.45) is 0 Å². The summed E-state index contributed by atoms with van der Waals surface area (Å²) in [5, 5.41) is 12.3. The van der Waals surface area contributed by atoms with Crippen molar-refractivity contribution in [3.63, 3.8) is 0 Å². The third kappa shape index (κ3) is 3.11. The second kappa shape index (κ2) is 6.01. The Bertz CT molecular complexity index is 587. The molecule has 0 saturated carbocycles.